The molecule has 0 aliphatic rings. The average molecular weight is 315 g/mol. The molecule has 122 valence electrons. The Kier molecular flexibility index (Phi) is 4.91. The van der Waals surface area contributed by atoms with Crippen LogP contribution in [0.15, 0.2) is 30.3 Å². The lowest BCUT2D eigenvalue weighted by atomic mass is 10.0. The van der Waals surface area contributed by atoms with Crippen molar-refractivity contribution in [2.45, 2.75) is 33.2 Å². The average Bonchev–Trinajstić information content (AvgIpc) is 2.47. The minimum absolute atomic E-state index is 0.270. The number of rotatable bonds is 5. The van der Waals surface area contributed by atoms with Crippen LogP contribution in [0.2, 0.25) is 0 Å². The number of phenolic OH excluding ortho intramolecular Hbond substituents is 1. The Hall–Kier alpha value is -2.53. The van der Waals surface area contributed by atoms with Gasteiger partial charge in [-0.05, 0) is 67.6 Å². The lowest BCUT2D eigenvalue weighted by Crippen LogP contribution is -2.32. The maximum Gasteiger partial charge on any atom is 0.320 e. The van der Waals surface area contributed by atoms with Crippen molar-refractivity contribution in [3.8, 4) is 17.2 Å². The van der Waals surface area contributed by atoms with Gasteiger partial charge in [0.1, 0.15) is 23.3 Å². The molecule has 0 amide bonds. The first-order valence-electron chi connectivity index (χ1n) is 7.34. The number of benzene rings is 2. The quantitative estimate of drug-likeness (QED) is 0.788. The summed E-state index contributed by atoms with van der Waals surface area (Å²) < 4.78 is 5.87. The van der Waals surface area contributed by atoms with Gasteiger partial charge in [-0.25, -0.2) is 0 Å². The zero-order valence-corrected chi connectivity index (χ0v) is 13.5. The van der Waals surface area contributed by atoms with Gasteiger partial charge in [0.05, 0.1) is 0 Å². The number of carboxylic acids is 1. The van der Waals surface area contributed by atoms with Gasteiger partial charge < -0.3 is 20.7 Å². The summed E-state index contributed by atoms with van der Waals surface area (Å²) in [6.45, 7) is 5.53. The molecule has 0 bridgehead atoms. The topological polar surface area (TPSA) is 92.8 Å². The number of nitrogens with two attached hydrogens (primary N) is 1. The molecule has 0 saturated carbocycles. The Morgan fingerprint density at radius 3 is 2.26 bits per heavy atom. The third-order valence-corrected chi connectivity index (χ3v) is 3.70. The van der Waals surface area contributed by atoms with Crippen LogP contribution < -0.4 is 10.5 Å². The van der Waals surface area contributed by atoms with E-state index in [1.807, 2.05) is 32.9 Å². The van der Waals surface area contributed by atoms with Crippen LogP contribution in [-0.2, 0) is 11.2 Å². The number of ether oxygens (including phenoxy) is 1. The largest absolute Gasteiger partial charge is 0.507 e. The molecule has 0 aromatic heterocycles. The predicted molar refractivity (Wildman–Crippen MR) is 88.1 cm³/mol. The minimum Gasteiger partial charge on any atom is -0.507 e. The number of hydrogen-bond donors (Lipinski definition) is 3. The molecule has 0 saturated heterocycles. The van der Waals surface area contributed by atoms with Crippen LogP contribution in [0.1, 0.15) is 22.3 Å². The Morgan fingerprint density at radius 2 is 1.74 bits per heavy atom. The zero-order valence-electron chi connectivity index (χ0n) is 13.5. The van der Waals surface area contributed by atoms with Crippen molar-refractivity contribution in [1.82, 2.24) is 0 Å². The number of aromatic hydroxyl groups is 1. The van der Waals surface area contributed by atoms with Crippen LogP contribution >= 0.6 is 0 Å². The second kappa shape index (κ2) is 6.71. The molecular formula is C18H21NO4. The van der Waals surface area contributed by atoms with Crippen molar-refractivity contribution in [3.05, 3.63) is 52.6 Å². The molecule has 5 nitrogen and oxygen atoms in total. The molecule has 0 spiro atoms. The third kappa shape index (κ3) is 4.02. The highest BCUT2D eigenvalue weighted by atomic mass is 16.5. The van der Waals surface area contributed by atoms with Gasteiger partial charge in [-0.15, -0.1) is 0 Å². The highest BCUT2D eigenvalue weighted by Gasteiger charge is 2.13. The molecule has 0 aliphatic carbocycles. The Balaban J connectivity index is 2.20. The second-order valence-corrected chi connectivity index (χ2v) is 5.76. The fourth-order valence-electron chi connectivity index (χ4n) is 2.40. The second-order valence-electron chi connectivity index (χ2n) is 5.76. The lowest BCUT2D eigenvalue weighted by Gasteiger charge is -2.13. The summed E-state index contributed by atoms with van der Waals surface area (Å²) in [4.78, 5) is 10.8. The number of carboxylic acid groups (broad SMARTS) is 1. The first kappa shape index (κ1) is 16.8. The molecule has 23 heavy (non-hydrogen) atoms. The highest BCUT2D eigenvalue weighted by molar-refractivity contribution is 5.73. The van der Waals surface area contributed by atoms with Crippen LogP contribution in [0.3, 0.4) is 0 Å². The SMILES string of the molecule is Cc1cc(CC(N)C(=O)O)ccc1Oc1cc(C)c(O)c(C)c1. The minimum atomic E-state index is -1.02. The summed E-state index contributed by atoms with van der Waals surface area (Å²) in [6, 6.07) is 8.12. The van der Waals surface area contributed by atoms with Crippen LogP contribution in [0.4, 0.5) is 0 Å². The molecule has 0 aliphatic heterocycles. The van der Waals surface area contributed by atoms with Crippen molar-refractivity contribution >= 4 is 5.97 Å². The standard InChI is InChI=1S/C18H21NO4/c1-10-6-13(9-15(19)18(21)22)4-5-16(10)23-14-7-11(2)17(20)12(3)8-14/h4-8,15,20H,9,19H2,1-3H3,(H,21,22). The third-order valence-electron chi connectivity index (χ3n) is 3.70. The summed E-state index contributed by atoms with van der Waals surface area (Å²) >= 11 is 0. The van der Waals surface area contributed by atoms with Gasteiger partial charge in [0.15, 0.2) is 0 Å². The molecule has 2 rings (SSSR count). The summed E-state index contributed by atoms with van der Waals surface area (Å²) in [5.74, 6) is 0.586. The van der Waals surface area contributed by atoms with E-state index in [9.17, 15) is 9.90 Å². The van der Waals surface area contributed by atoms with Crippen LogP contribution in [-0.4, -0.2) is 22.2 Å². The number of phenols is 1. The van der Waals surface area contributed by atoms with Gasteiger partial charge in [-0.2, -0.15) is 0 Å². The van der Waals surface area contributed by atoms with E-state index in [-0.39, 0.29) is 12.2 Å². The Bertz CT molecular complexity index is 717. The summed E-state index contributed by atoms with van der Waals surface area (Å²) in [7, 11) is 0. The molecule has 1 unspecified atom stereocenters. The van der Waals surface area contributed by atoms with Gasteiger partial charge in [0.25, 0.3) is 0 Å². The Morgan fingerprint density at radius 1 is 1.13 bits per heavy atom. The maximum atomic E-state index is 10.8. The molecular weight excluding hydrogens is 294 g/mol. The molecule has 2 aromatic rings. The maximum absolute atomic E-state index is 10.8. The number of carbonyl (C=O) groups is 1. The van der Waals surface area contributed by atoms with E-state index in [0.717, 1.165) is 22.3 Å². The first-order valence-corrected chi connectivity index (χ1v) is 7.34. The van der Waals surface area contributed by atoms with Crippen molar-refractivity contribution < 1.29 is 19.7 Å². The van der Waals surface area contributed by atoms with E-state index in [1.165, 1.54) is 0 Å². The summed E-state index contributed by atoms with van der Waals surface area (Å²) in [6.07, 6.45) is 0.272. The van der Waals surface area contributed by atoms with Gasteiger partial charge in [0.2, 0.25) is 0 Å². The lowest BCUT2D eigenvalue weighted by molar-refractivity contribution is -0.138. The predicted octanol–water partition coefficient (Wildman–Crippen LogP) is 3.06. The number of aryl methyl sites for hydroxylation is 3. The van der Waals surface area contributed by atoms with Crippen LogP contribution in [0.25, 0.3) is 0 Å². The molecule has 1 atom stereocenters. The van der Waals surface area contributed by atoms with Gasteiger partial charge in [-0.3, -0.25) is 4.79 Å². The van der Waals surface area contributed by atoms with E-state index in [2.05, 4.69) is 0 Å². The van der Waals surface area contributed by atoms with Crippen molar-refractivity contribution in [1.29, 1.82) is 0 Å². The molecule has 2 aromatic carbocycles. The Labute approximate surface area is 135 Å². The summed E-state index contributed by atoms with van der Waals surface area (Å²) in [5, 5.41) is 18.7. The van der Waals surface area contributed by atoms with E-state index in [1.54, 1.807) is 18.2 Å². The normalized spacial score (nSPS) is 12.0. The van der Waals surface area contributed by atoms with E-state index in [4.69, 9.17) is 15.6 Å². The molecule has 0 heterocycles. The number of hydrogen-bond acceptors (Lipinski definition) is 4. The molecule has 4 N–H and O–H groups in total. The molecule has 0 fully saturated rings. The fourth-order valence-corrected chi connectivity index (χ4v) is 2.40. The molecule has 5 heteroatoms. The smallest absolute Gasteiger partial charge is 0.320 e. The van der Waals surface area contributed by atoms with Gasteiger partial charge >= 0.3 is 5.97 Å². The van der Waals surface area contributed by atoms with Crippen LogP contribution in [0, 0.1) is 20.8 Å². The van der Waals surface area contributed by atoms with E-state index >= 15 is 0 Å². The fraction of sp³-hybridized carbons (Fsp3) is 0.278. The van der Waals surface area contributed by atoms with Crippen LogP contribution in [0.5, 0.6) is 17.2 Å². The summed E-state index contributed by atoms with van der Waals surface area (Å²) in [5.41, 5.74) is 8.80. The van der Waals surface area contributed by atoms with Crippen molar-refractivity contribution in [2.75, 3.05) is 0 Å². The van der Waals surface area contributed by atoms with Gasteiger partial charge in [-0.1, -0.05) is 12.1 Å². The van der Waals surface area contributed by atoms with E-state index < -0.39 is 12.0 Å². The highest BCUT2D eigenvalue weighted by Crippen LogP contribution is 2.31. The zero-order chi connectivity index (χ0) is 17.1. The van der Waals surface area contributed by atoms with Crippen molar-refractivity contribution in [2.24, 2.45) is 5.73 Å². The van der Waals surface area contributed by atoms with Gasteiger partial charge in [0, 0.05) is 0 Å². The first-order chi connectivity index (χ1) is 10.8. The molecule has 0 radical (unpaired) electrons. The monoisotopic (exact) mass is 315 g/mol. The number of aliphatic carboxylic acids is 1. The van der Waals surface area contributed by atoms with E-state index in [0.29, 0.717) is 11.5 Å². The van der Waals surface area contributed by atoms with Crippen molar-refractivity contribution in [3.63, 3.8) is 0 Å².